The molecule has 3 saturated heterocycles. The Labute approximate surface area is 230 Å². The van der Waals surface area contributed by atoms with Crippen LogP contribution in [0, 0.1) is 5.92 Å². The zero-order valence-electron chi connectivity index (χ0n) is 23.5. The van der Waals surface area contributed by atoms with Gasteiger partial charge in [0.2, 0.25) is 5.91 Å². The van der Waals surface area contributed by atoms with Gasteiger partial charge in [-0.2, -0.15) is 0 Å². The Morgan fingerprint density at radius 2 is 2.03 bits per heavy atom. The first kappa shape index (κ1) is 30.8. The van der Waals surface area contributed by atoms with E-state index in [1.54, 1.807) is 13.0 Å². The smallest absolute Gasteiger partial charge is 0.303 e. The van der Waals surface area contributed by atoms with Crippen LogP contribution < -0.4 is 5.32 Å². The van der Waals surface area contributed by atoms with Gasteiger partial charge in [0.15, 0.2) is 0 Å². The number of ether oxygens (including phenoxy) is 4. The number of carbonyl (C=O) groups excluding carboxylic acids is 2. The van der Waals surface area contributed by atoms with Crippen molar-refractivity contribution in [1.29, 1.82) is 0 Å². The normalized spacial score (nSPS) is 35.5. The van der Waals surface area contributed by atoms with E-state index < -0.39 is 29.9 Å². The average molecular weight is 547 g/mol. The summed E-state index contributed by atoms with van der Waals surface area (Å²) in [5.41, 5.74) is 8.99. The van der Waals surface area contributed by atoms with Gasteiger partial charge in [-0.15, -0.1) is 0 Å². The molecule has 11 heteroatoms. The van der Waals surface area contributed by atoms with Crippen molar-refractivity contribution in [2.75, 3.05) is 13.2 Å². The highest BCUT2D eigenvalue weighted by atomic mass is 16.6. The fraction of sp³-hybridized carbons (Fsp3) is 0.714. The number of amides is 1. The van der Waals surface area contributed by atoms with Crippen molar-refractivity contribution in [3.05, 3.63) is 46.4 Å². The number of epoxide rings is 1. The largest absolute Gasteiger partial charge is 0.459 e. The van der Waals surface area contributed by atoms with E-state index in [4.69, 9.17) is 24.5 Å². The minimum absolute atomic E-state index is 0.0146. The lowest BCUT2D eigenvalue weighted by Crippen LogP contribution is -2.50. The van der Waals surface area contributed by atoms with Gasteiger partial charge in [0.25, 0.3) is 0 Å². The van der Waals surface area contributed by atoms with Gasteiger partial charge in [0.1, 0.15) is 23.9 Å². The van der Waals surface area contributed by atoms with E-state index in [-0.39, 0.29) is 36.2 Å². The summed E-state index contributed by atoms with van der Waals surface area (Å²) >= 11 is 0. The minimum atomic E-state index is -0.744. The summed E-state index contributed by atoms with van der Waals surface area (Å²) in [4.78, 5) is 26.1. The molecule has 1 spiro atoms. The number of hydrogen-bond donors (Lipinski definition) is 2. The second kappa shape index (κ2) is 14.1. The Morgan fingerprint density at radius 1 is 1.28 bits per heavy atom. The number of aliphatic hydroxyl groups is 1. The summed E-state index contributed by atoms with van der Waals surface area (Å²) in [6.07, 6.45) is 9.57. The van der Waals surface area contributed by atoms with Crippen molar-refractivity contribution in [3.8, 4) is 0 Å². The highest BCUT2D eigenvalue weighted by Gasteiger charge is 2.58. The number of carbonyl (C=O) groups is 2. The summed E-state index contributed by atoms with van der Waals surface area (Å²) < 4.78 is 22.9. The third-order valence-corrected chi connectivity index (χ3v) is 7.54. The second-order valence-electron chi connectivity index (χ2n) is 10.9. The minimum Gasteiger partial charge on any atom is -0.459 e. The number of nitrogens with zero attached hydrogens (tertiary/aromatic N) is 3. The molecule has 3 aliphatic heterocycles. The van der Waals surface area contributed by atoms with Gasteiger partial charge in [-0.25, -0.2) is 0 Å². The van der Waals surface area contributed by atoms with Crippen molar-refractivity contribution >= 4 is 11.9 Å². The standard InChI is InChI=1S/C28H42N4O7/c1-17(7-10-25-27(35)28(16-36-28)15-22(39-25)12-13-30-32-29)6-9-24-18(2)14-23(20(4)38-24)31-26(34)11-8-19(3)37-21(5)33/h6-8,10-11,18-20,22-25,27,35H,9,12-16H2,1-5H3,(H,31,34)/b10-7+,11-8-,17-6+/t18-,19-,20+,22-,23+,24-,25?,27+,28+/m0/s1. The Bertz CT molecular complexity index is 1000. The first-order valence-corrected chi connectivity index (χ1v) is 13.7. The van der Waals surface area contributed by atoms with Crippen molar-refractivity contribution in [1.82, 2.24) is 5.32 Å². The van der Waals surface area contributed by atoms with Crippen LogP contribution in [-0.2, 0) is 28.5 Å². The molecule has 9 atom stereocenters. The Balaban J connectivity index is 1.49. The summed E-state index contributed by atoms with van der Waals surface area (Å²) in [6.45, 7) is 9.95. The molecule has 3 aliphatic rings. The first-order valence-electron chi connectivity index (χ1n) is 13.7. The van der Waals surface area contributed by atoms with E-state index in [9.17, 15) is 14.7 Å². The number of rotatable bonds is 11. The second-order valence-corrected chi connectivity index (χ2v) is 10.9. The van der Waals surface area contributed by atoms with Crippen LogP contribution in [-0.4, -0.2) is 78.4 Å². The van der Waals surface area contributed by atoms with Gasteiger partial charge in [0.05, 0.1) is 31.0 Å². The number of azide groups is 1. The predicted octanol–water partition coefficient (Wildman–Crippen LogP) is 3.67. The van der Waals surface area contributed by atoms with Gasteiger partial charge < -0.3 is 29.4 Å². The van der Waals surface area contributed by atoms with Crippen molar-refractivity contribution in [3.63, 3.8) is 0 Å². The van der Waals surface area contributed by atoms with Gasteiger partial charge in [0, 0.05) is 30.9 Å². The van der Waals surface area contributed by atoms with Crippen molar-refractivity contribution < 1.29 is 33.6 Å². The lowest BCUT2D eigenvalue weighted by atomic mass is 9.87. The molecular formula is C28H42N4O7. The van der Waals surface area contributed by atoms with E-state index in [0.29, 0.717) is 26.0 Å². The number of aliphatic hydroxyl groups excluding tert-OH is 1. The third-order valence-electron chi connectivity index (χ3n) is 7.54. The van der Waals surface area contributed by atoms with Gasteiger partial charge in [-0.1, -0.05) is 35.8 Å². The maximum Gasteiger partial charge on any atom is 0.303 e. The summed E-state index contributed by atoms with van der Waals surface area (Å²) in [5.74, 6) is -0.405. The number of allylic oxidation sites excluding steroid dienone is 2. The average Bonchev–Trinajstić information content (AvgIpc) is 3.65. The molecule has 0 radical (unpaired) electrons. The molecule has 3 heterocycles. The van der Waals surface area contributed by atoms with Crippen LogP contribution in [0.15, 0.2) is 41.1 Å². The SMILES string of the molecule is CC(=O)O[C@@H](C)/C=C\C(=O)N[C@@H]1C[C@H](C)[C@H](C/C=C(C)/C=C/C2O[C@@H](CCN=[N+]=[N-])C[C@@]3(CO3)[C@@H]2O)O[C@@H]1C. The lowest BCUT2D eigenvalue weighted by molar-refractivity contribution is -0.143. The maximum atomic E-state index is 12.3. The van der Waals surface area contributed by atoms with Crippen LogP contribution >= 0.6 is 0 Å². The first-order chi connectivity index (χ1) is 18.5. The van der Waals surface area contributed by atoms with Crippen LogP contribution in [0.2, 0.25) is 0 Å². The molecule has 39 heavy (non-hydrogen) atoms. The van der Waals surface area contributed by atoms with Crippen LogP contribution in [0.3, 0.4) is 0 Å². The van der Waals surface area contributed by atoms with E-state index >= 15 is 0 Å². The Hall–Kier alpha value is -2.69. The van der Waals surface area contributed by atoms with Crippen LogP contribution in [0.1, 0.15) is 60.3 Å². The fourth-order valence-electron chi connectivity index (χ4n) is 5.18. The molecule has 0 aromatic carbocycles. The molecule has 0 bridgehead atoms. The molecule has 0 aromatic heterocycles. The molecule has 2 N–H and O–H groups in total. The van der Waals surface area contributed by atoms with Crippen molar-refractivity contribution in [2.24, 2.45) is 11.0 Å². The molecule has 1 amide bonds. The third kappa shape index (κ3) is 9.19. The van der Waals surface area contributed by atoms with E-state index in [0.717, 1.165) is 18.4 Å². The van der Waals surface area contributed by atoms with E-state index in [1.165, 1.54) is 13.0 Å². The molecule has 0 saturated carbocycles. The fourth-order valence-corrected chi connectivity index (χ4v) is 5.18. The molecule has 0 aliphatic carbocycles. The van der Waals surface area contributed by atoms with Gasteiger partial charge in [-0.05, 0) is 57.6 Å². The highest BCUT2D eigenvalue weighted by Crippen LogP contribution is 2.43. The van der Waals surface area contributed by atoms with E-state index in [2.05, 4.69) is 28.3 Å². The van der Waals surface area contributed by atoms with Crippen molar-refractivity contribution in [2.45, 2.75) is 109 Å². The van der Waals surface area contributed by atoms with Crippen LogP contribution in [0.5, 0.6) is 0 Å². The van der Waals surface area contributed by atoms with Gasteiger partial charge in [-0.3, -0.25) is 9.59 Å². The number of nitrogens with one attached hydrogen (secondary N) is 1. The number of hydrogen-bond acceptors (Lipinski definition) is 8. The quantitative estimate of drug-likeness (QED) is 0.0762. The van der Waals surface area contributed by atoms with Crippen LogP contribution in [0.4, 0.5) is 0 Å². The molecule has 216 valence electrons. The molecule has 11 nitrogen and oxygen atoms in total. The molecule has 0 aromatic rings. The maximum absolute atomic E-state index is 12.3. The zero-order chi connectivity index (χ0) is 28.6. The summed E-state index contributed by atoms with van der Waals surface area (Å²) in [6, 6.07) is -0.115. The van der Waals surface area contributed by atoms with Crippen LogP contribution in [0.25, 0.3) is 10.4 Å². The monoisotopic (exact) mass is 546 g/mol. The predicted molar refractivity (Wildman–Crippen MR) is 145 cm³/mol. The van der Waals surface area contributed by atoms with Gasteiger partial charge >= 0.3 is 5.97 Å². The zero-order valence-corrected chi connectivity index (χ0v) is 23.5. The summed E-state index contributed by atoms with van der Waals surface area (Å²) in [5, 5.41) is 17.4. The lowest BCUT2D eigenvalue weighted by Gasteiger charge is -2.39. The number of esters is 1. The summed E-state index contributed by atoms with van der Waals surface area (Å²) in [7, 11) is 0. The van der Waals surface area contributed by atoms with E-state index in [1.807, 2.05) is 26.0 Å². The Morgan fingerprint density at radius 3 is 2.69 bits per heavy atom. The molecule has 3 rings (SSSR count). The topological polar surface area (TPSA) is 155 Å². The highest BCUT2D eigenvalue weighted by molar-refractivity contribution is 5.87. The molecular weight excluding hydrogens is 504 g/mol. The molecule has 3 fully saturated rings. The molecule has 1 unspecified atom stereocenters. The Kier molecular flexibility index (Phi) is 11.1.